The van der Waals surface area contributed by atoms with Crippen molar-refractivity contribution in [3.63, 3.8) is 0 Å². The van der Waals surface area contributed by atoms with Gasteiger partial charge in [-0.25, -0.2) is 4.39 Å². The van der Waals surface area contributed by atoms with E-state index in [1.165, 1.54) is 12.1 Å². The number of hydrogen-bond donors (Lipinski definition) is 2. The molecular formula is C25H27FN4O3. The highest BCUT2D eigenvalue weighted by atomic mass is 19.1. The first-order chi connectivity index (χ1) is 15.9. The molecule has 1 aromatic carbocycles. The SMILES string of the molecule is C=C(CCNC(=O)CC#N)NC(=O)C(C)[C@H]1[C@@H]2C[C@@H](Oc3ccnc4ccc(F)cc34)C[C@@H]21. The van der Waals surface area contributed by atoms with Gasteiger partial charge in [-0.3, -0.25) is 14.6 Å². The second-order valence-corrected chi connectivity index (χ2v) is 8.90. The lowest BCUT2D eigenvalue weighted by Crippen LogP contribution is -2.32. The van der Waals surface area contributed by atoms with Gasteiger partial charge in [0.15, 0.2) is 0 Å². The molecule has 2 aliphatic carbocycles. The minimum atomic E-state index is -0.336. The normalized spacial score (nSPS) is 23.8. The molecule has 4 rings (SSSR count). The van der Waals surface area contributed by atoms with E-state index in [4.69, 9.17) is 10.00 Å². The summed E-state index contributed by atoms with van der Waals surface area (Å²) >= 11 is 0. The molecule has 0 bridgehead atoms. The van der Waals surface area contributed by atoms with Crippen LogP contribution in [-0.4, -0.2) is 29.4 Å². The molecule has 0 aliphatic heterocycles. The van der Waals surface area contributed by atoms with E-state index in [-0.39, 0.29) is 36.1 Å². The molecule has 0 spiro atoms. The third kappa shape index (κ3) is 5.14. The fourth-order valence-corrected chi connectivity index (χ4v) is 5.07. The van der Waals surface area contributed by atoms with Crippen molar-refractivity contribution in [3.05, 3.63) is 48.6 Å². The summed E-state index contributed by atoms with van der Waals surface area (Å²) < 4.78 is 19.9. The number of nitrogens with zero attached hydrogens (tertiary/aromatic N) is 2. The van der Waals surface area contributed by atoms with E-state index in [2.05, 4.69) is 22.2 Å². The Morgan fingerprint density at radius 2 is 2.09 bits per heavy atom. The van der Waals surface area contributed by atoms with Crippen molar-refractivity contribution in [1.29, 1.82) is 5.26 Å². The average Bonchev–Trinajstić information content (AvgIpc) is 3.28. The summed E-state index contributed by atoms with van der Waals surface area (Å²) in [7, 11) is 0. The third-order valence-electron chi connectivity index (χ3n) is 6.70. The number of rotatable bonds is 9. The smallest absolute Gasteiger partial charge is 0.234 e. The van der Waals surface area contributed by atoms with Crippen LogP contribution in [-0.2, 0) is 9.59 Å². The third-order valence-corrected chi connectivity index (χ3v) is 6.70. The Bertz CT molecular complexity index is 1120. The van der Waals surface area contributed by atoms with E-state index < -0.39 is 0 Å². The van der Waals surface area contributed by atoms with Crippen LogP contribution in [0.15, 0.2) is 42.7 Å². The van der Waals surface area contributed by atoms with Crippen LogP contribution in [0.2, 0.25) is 0 Å². The number of nitriles is 1. The maximum absolute atomic E-state index is 13.7. The van der Waals surface area contributed by atoms with Crippen LogP contribution in [0.25, 0.3) is 10.9 Å². The number of carbonyl (C=O) groups is 2. The average molecular weight is 451 g/mol. The van der Waals surface area contributed by atoms with Crippen molar-refractivity contribution >= 4 is 22.7 Å². The number of ether oxygens (including phenoxy) is 1. The molecule has 1 unspecified atom stereocenters. The number of amides is 2. The number of hydrogen-bond acceptors (Lipinski definition) is 5. The van der Waals surface area contributed by atoms with Gasteiger partial charge in [0.2, 0.25) is 11.8 Å². The molecule has 2 saturated carbocycles. The van der Waals surface area contributed by atoms with Crippen molar-refractivity contribution in [2.45, 2.75) is 38.7 Å². The molecule has 7 nitrogen and oxygen atoms in total. The van der Waals surface area contributed by atoms with E-state index in [0.717, 1.165) is 12.8 Å². The number of nitrogens with one attached hydrogen (secondary N) is 2. The minimum Gasteiger partial charge on any atom is -0.490 e. The van der Waals surface area contributed by atoms with Gasteiger partial charge < -0.3 is 15.4 Å². The molecule has 172 valence electrons. The van der Waals surface area contributed by atoms with Gasteiger partial charge in [0.05, 0.1) is 17.7 Å². The number of benzene rings is 1. The zero-order valence-corrected chi connectivity index (χ0v) is 18.5. The summed E-state index contributed by atoms with van der Waals surface area (Å²) in [5.41, 5.74) is 1.25. The van der Waals surface area contributed by atoms with E-state index in [1.54, 1.807) is 24.4 Å². The fraction of sp³-hybridized carbons (Fsp3) is 0.440. The quantitative estimate of drug-likeness (QED) is 0.609. The fourth-order valence-electron chi connectivity index (χ4n) is 5.07. The molecule has 2 aliphatic rings. The standard InChI is InChI=1S/C25H27FN4O3/c1-14(6-9-29-23(31)5-8-27)30-25(32)15(2)24-18-12-17(13-19(18)24)33-22-7-10-28-21-4-3-16(26)11-20(21)22/h3-4,7,10-11,15,17-19,24H,1,5-6,9,12-13H2,2H3,(H,29,31)(H,30,32)/t15?,17-,18-,19+,24+. The molecule has 1 aromatic heterocycles. The van der Waals surface area contributed by atoms with Gasteiger partial charge >= 0.3 is 0 Å². The molecule has 5 atom stereocenters. The summed E-state index contributed by atoms with van der Waals surface area (Å²) in [4.78, 5) is 28.2. The maximum atomic E-state index is 13.7. The van der Waals surface area contributed by atoms with Gasteiger partial charge in [-0.05, 0) is 54.9 Å². The first-order valence-electron chi connectivity index (χ1n) is 11.2. The van der Waals surface area contributed by atoms with Gasteiger partial charge in [0.25, 0.3) is 0 Å². The summed E-state index contributed by atoms with van der Waals surface area (Å²) in [6.07, 6.45) is 3.70. The van der Waals surface area contributed by atoms with Gasteiger partial charge in [-0.1, -0.05) is 13.5 Å². The Labute approximate surface area is 192 Å². The highest BCUT2D eigenvalue weighted by Gasteiger charge is 2.59. The molecule has 8 heteroatoms. The second kappa shape index (κ2) is 9.57. The summed E-state index contributed by atoms with van der Waals surface area (Å²) in [5, 5.41) is 14.6. The summed E-state index contributed by atoms with van der Waals surface area (Å²) in [6.45, 7) is 6.13. The van der Waals surface area contributed by atoms with E-state index in [0.29, 0.717) is 53.1 Å². The molecular weight excluding hydrogens is 423 g/mol. The molecule has 0 saturated heterocycles. The lowest BCUT2D eigenvalue weighted by molar-refractivity contribution is -0.124. The van der Waals surface area contributed by atoms with Crippen molar-refractivity contribution in [3.8, 4) is 11.8 Å². The predicted molar refractivity (Wildman–Crippen MR) is 120 cm³/mol. The van der Waals surface area contributed by atoms with Crippen molar-refractivity contribution in [2.24, 2.45) is 23.7 Å². The highest BCUT2D eigenvalue weighted by molar-refractivity contribution is 5.85. The number of pyridine rings is 1. The number of carbonyl (C=O) groups excluding carboxylic acids is 2. The Balaban J connectivity index is 1.24. The summed E-state index contributed by atoms with van der Waals surface area (Å²) in [6, 6.07) is 8.04. The second-order valence-electron chi connectivity index (χ2n) is 8.90. The monoisotopic (exact) mass is 450 g/mol. The topological polar surface area (TPSA) is 104 Å². The Kier molecular flexibility index (Phi) is 6.59. The first-order valence-corrected chi connectivity index (χ1v) is 11.2. The van der Waals surface area contributed by atoms with Crippen LogP contribution >= 0.6 is 0 Å². The molecule has 2 N–H and O–H groups in total. The van der Waals surface area contributed by atoms with Crippen LogP contribution in [0, 0.1) is 40.8 Å². The number of halogens is 1. The lowest BCUT2D eigenvalue weighted by Gasteiger charge is -2.20. The zero-order valence-electron chi connectivity index (χ0n) is 18.5. The van der Waals surface area contributed by atoms with Crippen molar-refractivity contribution < 1.29 is 18.7 Å². The Morgan fingerprint density at radius 1 is 1.33 bits per heavy atom. The molecule has 2 aromatic rings. The zero-order chi connectivity index (χ0) is 23.5. The highest BCUT2D eigenvalue weighted by Crippen LogP contribution is 2.61. The van der Waals surface area contributed by atoms with Gasteiger partial charge in [0, 0.05) is 36.2 Å². The van der Waals surface area contributed by atoms with Crippen molar-refractivity contribution in [2.75, 3.05) is 6.54 Å². The number of fused-ring (bicyclic) bond motifs is 2. The van der Waals surface area contributed by atoms with Crippen LogP contribution in [0.1, 0.15) is 32.6 Å². The lowest BCUT2D eigenvalue weighted by atomic mass is 9.97. The predicted octanol–water partition coefficient (Wildman–Crippen LogP) is 3.46. The van der Waals surface area contributed by atoms with Gasteiger partial charge in [0.1, 0.15) is 18.0 Å². The first kappa shape index (κ1) is 22.7. The molecule has 33 heavy (non-hydrogen) atoms. The van der Waals surface area contributed by atoms with E-state index in [9.17, 15) is 14.0 Å². The van der Waals surface area contributed by atoms with E-state index >= 15 is 0 Å². The minimum absolute atomic E-state index is 0.0485. The molecule has 2 amide bonds. The van der Waals surface area contributed by atoms with Crippen molar-refractivity contribution in [1.82, 2.24) is 15.6 Å². The Morgan fingerprint density at radius 3 is 2.82 bits per heavy atom. The van der Waals surface area contributed by atoms with Gasteiger partial charge in [-0.15, -0.1) is 0 Å². The van der Waals surface area contributed by atoms with Crippen LogP contribution < -0.4 is 15.4 Å². The molecule has 1 heterocycles. The molecule has 2 fully saturated rings. The largest absolute Gasteiger partial charge is 0.490 e. The molecule has 0 radical (unpaired) electrons. The van der Waals surface area contributed by atoms with Crippen LogP contribution in [0.5, 0.6) is 5.75 Å². The van der Waals surface area contributed by atoms with Crippen LogP contribution in [0.3, 0.4) is 0 Å². The Hall–Kier alpha value is -3.47. The maximum Gasteiger partial charge on any atom is 0.234 e. The van der Waals surface area contributed by atoms with E-state index in [1.807, 2.05) is 6.92 Å². The van der Waals surface area contributed by atoms with Gasteiger partial charge in [-0.2, -0.15) is 5.26 Å². The van der Waals surface area contributed by atoms with Crippen LogP contribution in [0.4, 0.5) is 4.39 Å². The summed E-state index contributed by atoms with van der Waals surface area (Å²) in [5.74, 6) is 1.000. The number of aromatic nitrogens is 1.